The third kappa shape index (κ3) is 4.35. The summed E-state index contributed by atoms with van der Waals surface area (Å²) >= 11 is 6.49. The Morgan fingerprint density at radius 2 is 1.84 bits per heavy atom. The van der Waals surface area contributed by atoms with E-state index in [2.05, 4.69) is 15.5 Å². The fourth-order valence-corrected chi connectivity index (χ4v) is 4.03. The van der Waals surface area contributed by atoms with Gasteiger partial charge in [0.2, 0.25) is 0 Å². The van der Waals surface area contributed by atoms with Gasteiger partial charge >= 0.3 is 11.9 Å². The maximum atomic E-state index is 13.3. The largest absolute Gasteiger partial charge is 0.466 e. The van der Waals surface area contributed by atoms with Crippen LogP contribution in [-0.4, -0.2) is 43.0 Å². The highest BCUT2D eigenvalue weighted by atomic mass is 35.5. The maximum Gasteiger partial charge on any atom is 0.336 e. The maximum absolute atomic E-state index is 13.3. The highest BCUT2D eigenvalue weighted by molar-refractivity contribution is 6.31. The molecule has 1 aromatic heterocycles. The van der Waals surface area contributed by atoms with Gasteiger partial charge in [-0.05, 0) is 25.5 Å². The molecule has 10 heteroatoms. The molecule has 0 saturated carbocycles. The highest BCUT2D eigenvalue weighted by Gasteiger charge is 2.42. The van der Waals surface area contributed by atoms with Crippen molar-refractivity contribution in [1.82, 2.24) is 15.5 Å². The van der Waals surface area contributed by atoms with E-state index >= 15 is 0 Å². The first-order valence-electron chi connectivity index (χ1n) is 9.86. The van der Waals surface area contributed by atoms with Crippen molar-refractivity contribution in [3.05, 3.63) is 79.5 Å². The Bertz CT molecular complexity index is 1150. The zero-order chi connectivity index (χ0) is 23.4. The SMILES string of the molecule is CCOC(=O)C1=C(C(OC)c2cc(=O)[nH][nH]2)NC(C)=C(C(=O)OC)C1c1ccccc1Cl. The van der Waals surface area contributed by atoms with Gasteiger partial charge in [0.15, 0.2) is 0 Å². The molecule has 3 rings (SSSR count). The van der Waals surface area contributed by atoms with Gasteiger partial charge in [-0.15, -0.1) is 0 Å². The lowest BCUT2D eigenvalue weighted by Gasteiger charge is -2.34. The van der Waals surface area contributed by atoms with Gasteiger partial charge in [0.1, 0.15) is 6.10 Å². The molecular formula is C22H24ClN3O6. The van der Waals surface area contributed by atoms with Gasteiger partial charge in [-0.1, -0.05) is 29.8 Å². The predicted molar refractivity (Wildman–Crippen MR) is 117 cm³/mol. The molecule has 2 atom stereocenters. The average molecular weight is 462 g/mol. The summed E-state index contributed by atoms with van der Waals surface area (Å²) in [6.45, 7) is 3.48. The Hall–Kier alpha value is -3.30. The van der Waals surface area contributed by atoms with Gasteiger partial charge in [0.25, 0.3) is 5.56 Å². The van der Waals surface area contributed by atoms with Gasteiger partial charge < -0.3 is 19.5 Å². The van der Waals surface area contributed by atoms with Crippen LogP contribution in [0.2, 0.25) is 5.02 Å². The standard InChI is InChI=1S/C22H24ClN3O6/c1-5-32-22(29)18-17(12-8-6-7-9-13(12)23)16(21(28)31-4)11(2)24-19(18)20(30-3)14-10-15(27)26-25-14/h6-10,17,20,24H,5H2,1-4H3,(H2,25,26,27). The zero-order valence-electron chi connectivity index (χ0n) is 18.1. The van der Waals surface area contributed by atoms with Crippen molar-refractivity contribution in [3.8, 4) is 0 Å². The van der Waals surface area contributed by atoms with Gasteiger partial charge in [-0.2, -0.15) is 0 Å². The molecule has 3 N–H and O–H groups in total. The van der Waals surface area contributed by atoms with E-state index in [0.717, 1.165) is 0 Å². The molecule has 1 aromatic carbocycles. The number of rotatable bonds is 7. The van der Waals surface area contributed by atoms with E-state index in [4.69, 9.17) is 25.8 Å². The van der Waals surface area contributed by atoms with Gasteiger partial charge in [-0.3, -0.25) is 15.0 Å². The van der Waals surface area contributed by atoms with E-state index in [9.17, 15) is 14.4 Å². The second-order valence-electron chi connectivity index (χ2n) is 6.99. The topological polar surface area (TPSA) is 123 Å². The van der Waals surface area contributed by atoms with Crippen molar-refractivity contribution in [3.63, 3.8) is 0 Å². The van der Waals surface area contributed by atoms with Crippen LogP contribution >= 0.6 is 11.6 Å². The summed E-state index contributed by atoms with van der Waals surface area (Å²) in [6, 6.07) is 8.23. The van der Waals surface area contributed by atoms with Crippen molar-refractivity contribution < 1.29 is 23.8 Å². The molecule has 2 heterocycles. The Morgan fingerprint density at radius 3 is 2.41 bits per heavy atom. The fourth-order valence-electron chi connectivity index (χ4n) is 3.79. The molecule has 0 radical (unpaired) electrons. The molecular weight excluding hydrogens is 438 g/mol. The molecule has 0 saturated heterocycles. The number of esters is 2. The zero-order valence-corrected chi connectivity index (χ0v) is 18.8. The van der Waals surface area contributed by atoms with Crippen molar-refractivity contribution in [1.29, 1.82) is 0 Å². The first-order valence-corrected chi connectivity index (χ1v) is 10.2. The number of aromatic nitrogens is 2. The number of dihydropyridines is 1. The third-order valence-electron chi connectivity index (χ3n) is 5.11. The highest BCUT2D eigenvalue weighted by Crippen LogP contribution is 2.44. The third-order valence-corrected chi connectivity index (χ3v) is 5.45. The lowest BCUT2D eigenvalue weighted by Crippen LogP contribution is -2.35. The molecule has 0 spiro atoms. The van der Waals surface area contributed by atoms with Gasteiger partial charge in [0.05, 0.1) is 42.2 Å². The number of benzene rings is 1. The van der Waals surface area contributed by atoms with Crippen molar-refractivity contribution in [2.75, 3.05) is 20.8 Å². The molecule has 1 aliphatic heterocycles. The minimum absolute atomic E-state index is 0.111. The monoisotopic (exact) mass is 461 g/mol. The molecule has 1 aliphatic rings. The predicted octanol–water partition coefficient (Wildman–Crippen LogP) is 2.70. The number of nitrogens with one attached hydrogen (secondary N) is 3. The van der Waals surface area contributed by atoms with E-state index in [1.165, 1.54) is 20.3 Å². The lowest BCUT2D eigenvalue weighted by atomic mass is 9.79. The number of carbonyl (C=O) groups is 2. The van der Waals surface area contributed by atoms with Crippen LogP contribution in [0.1, 0.15) is 37.1 Å². The molecule has 2 unspecified atom stereocenters. The summed E-state index contributed by atoms with van der Waals surface area (Å²) in [6.07, 6.45) is -0.868. The molecule has 0 bridgehead atoms. The molecule has 170 valence electrons. The fraction of sp³-hybridized carbons (Fsp3) is 0.318. The quantitative estimate of drug-likeness (QED) is 0.542. The van der Waals surface area contributed by atoms with Crippen LogP contribution in [0.4, 0.5) is 0 Å². The number of halogens is 1. The first kappa shape index (κ1) is 23.4. The van der Waals surface area contributed by atoms with Crippen molar-refractivity contribution in [2.24, 2.45) is 0 Å². The van der Waals surface area contributed by atoms with E-state index in [1.807, 2.05) is 0 Å². The molecule has 2 aromatic rings. The average Bonchev–Trinajstić information content (AvgIpc) is 3.19. The Labute approximate surface area is 189 Å². The van der Waals surface area contributed by atoms with Crippen LogP contribution in [0.3, 0.4) is 0 Å². The van der Waals surface area contributed by atoms with Crippen molar-refractivity contribution in [2.45, 2.75) is 25.9 Å². The number of ether oxygens (including phenoxy) is 3. The minimum atomic E-state index is -0.894. The number of carbonyl (C=O) groups excluding carboxylic acids is 2. The van der Waals surface area contributed by atoms with Crippen LogP contribution in [0.5, 0.6) is 0 Å². The summed E-state index contributed by atoms with van der Waals surface area (Å²) in [5, 5.41) is 8.67. The molecule has 0 fully saturated rings. The number of aromatic amines is 2. The number of allylic oxidation sites excluding steroid dienone is 1. The van der Waals surface area contributed by atoms with Crippen LogP contribution in [0.15, 0.2) is 57.7 Å². The number of hydrogen-bond donors (Lipinski definition) is 3. The van der Waals surface area contributed by atoms with Crippen LogP contribution in [0.25, 0.3) is 0 Å². The Kier molecular flexibility index (Phi) is 7.22. The summed E-state index contributed by atoms with van der Waals surface area (Å²) < 4.78 is 16.0. The van der Waals surface area contributed by atoms with Crippen LogP contribution in [-0.2, 0) is 23.8 Å². The lowest BCUT2D eigenvalue weighted by molar-refractivity contribution is -0.139. The molecule has 0 amide bonds. The van der Waals surface area contributed by atoms with E-state index in [-0.39, 0.29) is 23.3 Å². The van der Waals surface area contributed by atoms with Gasteiger partial charge in [-0.25, -0.2) is 9.59 Å². The van der Waals surface area contributed by atoms with E-state index < -0.39 is 24.0 Å². The van der Waals surface area contributed by atoms with Gasteiger partial charge in [0, 0.05) is 23.9 Å². The normalized spacial score (nSPS) is 17.1. The molecule has 0 aliphatic carbocycles. The van der Waals surface area contributed by atoms with Crippen LogP contribution < -0.4 is 10.9 Å². The second kappa shape index (κ2) is 9.88. The summed E-state index contributed by atoms with van der Waals surface area (Å²) in [7, 11) is 2.70. The number of methoxy groups -OCH3 is 2. The number of hydrogen-bond acceptors (Lipinski definition) is 7. The van der Waals surface area contributed by atoms with E-state index in [1.54, 1.807) is 38.1 Å². The smallest absolute Gasteiger partial charge is 0.336 e. The summed E-state index contributed by atoms with van der Waals surface area (Å²) in [5.41, 5.74) is 1.65. The van der Waals surface area contributed by atoms with E-state index in [0.29, 0.717) is 27.7 Å². The molecule has 32 heavy (non-hydrogen) atoms. The summed E-state index contributed by atoms with van der Waals surface area (Å²) in [4.78, 5) is 37.8. The van der Waals surface area contributed by atoms with Crippen molar-refractivity contribution >= 4 is 23.5 Å². The van der Waals surface area contributed by atoms with Crippen LogP contribution in [0, 0.1) is 0 Å². The summed E-state index contributed by atoms with van der Waals surface area (Å²) in [5.74, 6) is -2.17. The number of H-pyrrole nitrogens is 2. The second-order valence-corrected chi connectivity index (χ2v) is 7.39. The Morgan fingerprint density at radius 1 is 1.12 bits per heavy atom. The Balaban J connectivity index is 2.34. The molecule has 9 nitrogen and oxygen atoms in total. The first-order chi connectivity index (χ1) is 15.3. The minimum Gasteiger partial charge on any atom is -0.466 e.